The summed E-state index contributed by atoms with van der Waals surface area (Å²) in [4.78, 5) is 0. The Labute approximate surface area is 143 Å². The van der Waals surface area contributed by atoms with Crippen LogP contribution in [-0.2, 0) is 0 Å². The molecule has 3 rings (SSSR count). The van der Waals surface area contributed by atoms with Crippen molar-refractivity contribution in [3.8, 4) is 22.5 Å². The van der Waals surface area contributed by atoms with E-state index in [4.69, 9.17) is 21.9 Å². The molecule has 1 heterocycles. The third kappa shape index (κ3) is 2.73. The van der Waals surface area contributed by atoms with Crippen molar-refractivity contribution in [2.45, 2.75) is 0 Å². The minimum Gasteiger partial charge on any atom is -0.380 e. The van der Waals surface area contributed by atoms with Crippen LogP contribution in [0.25, 0.3) is 22.5 Å². The molecule has 106 valence electrons. The molecule has 6 heteroatoms. The molecule has 0 spiro atoms. The van der Waals surface area contributed by atoms with E-state index in [0.717, 1.165) is 20.1 Å². The zero-order valence-electron chi connectivity index (χ0n) is 10.6. The predicted octanol–water partition coefficient (Wildman–Crippen LogP) is 5.77. The zero-order valence-corrected chi connectivity index (χ0v) is 14.5. The Morgan fingerprint density at radius 1 is 1.05 bits per heavy atom. The van der Waals surface area contributed by atoms with Crippen LogP contribution in [0.3, 0.4) is 0 Å². The number of nitrogens with zero attached hydrogens (tertiary/aromatic N) is 1. The van der Waals surface area contributed by atoms with Crippen LogP contribution in [0.1, 0.15) is 0 Å². The molecule has 2 N–H and O–H groups in total. The smallest absolute Gasteiger partial charge is 0.178 e. The Hall–Kier alpha value is -1.30. The summed E-state index contributed by atoms with van der Waals surface area (Å²) < 4.78 is 7.27. The molecule has 0 amide bonds. The second kappa shape index (κ2) is 5.83. The first-order chi connectivity index (χ1) is 10.1. The summed E-state index contributed by atoms with van der Waals surface area (Å²) in [6.45, 7) is 0. The largest absolute Gasteiger partial charge is 0.380 e. The van der Waals surface area contributed by atoms with Crippen molar-refractivity contribution in [3.05, 3.63) is 56.4 Å². The predicted molar refractivity (Wildman–Crippen MR) is 92.2 cm³/mol. The number of hydrogen-bond donors (Lipinski definition) is 1. The van der Waals surface area contributed by atoms with Crippen molar-refractivity contribution in [2.75, 3.05) is 5.73 Å². The van der Waals surface area contributed by atoms with Crippen molar-refractivity contribution >= 4 is 49.3 Å². The average Bonchev–Trinajstić information content (AvgIpc) is 2.81. The molecule has 0 saturated heterocycles. The molecular weight excluding hydrogens is 419 g/mol. The summed E-state index contributed by atoms with van der Waals surface area (Å²) in [7, 11) is 0. The second-order valence-electron chi connectivity index (χ2n) is 4.38. The van der Waals surface area contributed by atoms with E-state index in [1.807, 2.05) is 42.5 Å². The van der Waals surface area contributed by atoms with Gasteiger partial charge < -0.3 is 10.3 Å². The normalized spacial score (nSPS) is 10.8. The summed E-state index contributed by atoms with van der Waals surface area (Å²) >= 11 is 13.2. The van der Waals surface area contributed by atoms with Crippen molar-refractivity contribution < 1.29 is 4.52 Å². The van der Waals surface area contributed by atoms with Gasteiger partial charge in [-0.05, 0) is 40.2 Å². The highest BCUT2D eigenvalue weighted by Crippen LogP contribution is 2.42. The van der Waals surface area contributed by atoms with Crippen molar-refractivity contribution in [2.24, 2.45) is 0 Å². The molecule has 2 aromatic carbocycles. The van der Waals surface area contributed by atoms with E-state index in [2.05, 4.69) is 37.0 Å². The first kappa shape index (κ1) is 14.6. The zero-order chi connectivity index (χ0) is 15.0. The van der Waals surface area contributed by atoms with Crippen LogP contribution >= 0.6 is 43.5 Å². The van der Waals surface area contributed by atoms with Crippen LogP contribution in [0.2, 0.25) is 5.02 Å². The third-order valence-corrected chi connectivity index (χ3v) is 4.52. The van der Waals surface area contributed by atoms with Crippen LogP contribution in [-0.4, -0.2) is 5.16 Å². The van der Waals surface area contributed by atoms with Crippen molar-refractivity contribution in [3.63, 3.8) is 0 Å². The van der Waals surface area contributed by atoms with Gasteiger partial charge in [0.05, 0.1) is 5.56 Å². The van der Waals surface area contributed by atoms with E-state index < -0.39 is 0 Å². The van der Waals surface area contributed by atoms with Gasteiger partial charge in [-0.2, -0.15) is 0 Å². The Morgan fingerprint density at radius 2 is 1.81 bits per heavy atom. The molecule has 21 heavy (non-hydrogen) atoms. The van der Waals surface area contributed by atoms with Gasteiger partial charge in [0, 0.05) is 25.1 Å². The summed E-state index contributed by atoms with van der Waals surface area (Å²) in [5.74, 6) is 0.896. The number of anilines is 1. The Bertz CT molecular complexity index is 817. The molecule has 0 atom stereocenters. The van der Waals surface area contributed by atoms with E-state index in [9.17, 15) is 0 Å². The maximum absolute atomic E-state index is 6.27. The number of benzene rings is 2. The molecule has 0 aliphatic carbocycles. The lowest BCUT2D eigenvalue weighted by molar-refractivity contribution is 0.436. The van der Waals surface area contributed by atoms with E-state index in [0.29, 0.717) is 22.2 Å². The van der Waals surface area contributed by atoms with Gasteiger partial charge in [-0.25, -0.2) is 0 Å². The quantitative estimate of drug-likeness (QED) is 0.564. The number of aromatic nitrogens is 1. The third-order valence-electron chi connectivity index (χ3n) is 3.04. The SMILES string of the molecule is Nc1noc(-c2ccc(Br)cc2Br)c1-c1ccccc1Cl. The van der Waals surface area contributed by atoms with E-state index >= 15 is 0 Å². The number of hydrogen-bond acceptors (Lipinski definition) is 3. The first-order valence-electron chi connectivity index (χ1n) is 6.03. The van der Waals surface area contributed by atoms with Gasteiger partial charge in [0.1, 0.15) is 0 Å². The molecule has 0 unspecified atom stereocenters. The standard InChI is InChI=1S/C15H9Br2ClN2O/c16-8-5-6-9(11(17)7-8)14-13(15(19)20-21-14)10-3-1-2-4-12(10)18/h1-7H,(H2,19,20). The Balaban J connectivity index is 2.25. The highest BCUT2D eigenvalue weighted by atomic mass is 79.9. The lowest BCUT2D eigenvalue weighted by atomic mass is 10.0. The Kier molecular flexibility index (Phi) is 4.06. The molecule has 0 bridgehead atoms. The number of halogens is 3. The minimum absolute atomic E-state index is 0.313. The molecular formula is C15H9Br2ClN2O. The fourth-order valence-electron chi connectivity index (χ4n) is 2.08. The topological polar surface area (TPSA) is 52.0 Å². The second-order valence-corrected chi connectivity index (χ2v) is 6.55. The van der Waals surface area contributed by atoms with Gasteiger partial charge in [-0.1, -0.05) is 50.9 Å². The van der Waals surface area contributed by atoms with Crippen molar-refractivity contribution in [1.82, 2.24) is 5.16 Å². The fraction of sp³-hybridized carbons (Fsp3) is 0. The maximum atomic E-state index is 6.27. The van der Waals surface area contributed by atoms with Crippen LogP contribution in [0.4, 0.5) is 5.82 Å². The summed E-state index contributed by atoms with van der Waals surface area (Å²) in [6, 6.07) is 13.2. The van der Waals surface area contributed by atoms with Gasteiger partial charge in [-0.15, -0.1) is 0 Å². The first-order valence-corrected chi connectivity index (χ1v) is 8.00. The van der Waals surface area contributed by atoms with Crippen LogP contribution in [0.5, 0.6) is 0 Å². The molecule has 1 aromatic heterocycles. The fourth-order valence-corrected chi connectivity index (χ4v) is 3.54. The lowest BCUT2D eigenvalue weighted by Gasteiger charge is -2.06. The molecule has 3 aromatic rings. The average molecular weight is 429 g/mol. The van der Waals surface area contributed by atoms with Gasteiger partial charge in [0.2, 0.25) is 0 Å². The van der Waals surface area contributed by atoms with E-state index in [1.165, 1.54) is 0 Å². The van der Waals surface area contributed by atoms with Gasteiger partial charge >= 0.3 is 0 Å². The van der Waals surface area contributed by atoms with Gasteiger partial charge in [0.15, 0.2) is 11.6 Å². The minimum atomic E-state index is 0.313. The van der Waals surface area contributed by atoms with Crippen LogP contribution in [0.15, 0.2) is 55.9 Å². The molecule has 0 saturated carbocycles. The van der Waals surface area contributed by atoms with E-state index in [1.54, 1.807) is 0 Å². The van der Waals surface area contributed by atoms with Crippen LogP contribution < -0.4 is 5.73 Å². The van der Waals surface area contributed by atoms with Crippen LogP contribution in [0, 0.1) is 0 Å². The van der Waals surface area contributed by atoms with Crippen molar-refractivity contribution in [1.29, 1.82) is 0 Å². The van der Waals surface area contributed by atoms with E-state index in [-0.39, 0.29) is 0 Å². The molecule has 0 aliphatic rings. The summed E-state index contributed by atoms with van der Waals surface area (Å²) in [5.41, 5.74) is 8.32. The highest BCUT2D eigenvalue weighted by molar-refractivity contribution is 9.11. The maximum Gasteiger partial charge on any atom is 0.178 e. The number of nitrogens with two attached hydrogens (primary N) is 1. The number of rotatable bonds is 2. The summed E-state index contributed by atoms with van der Waals surface area (Å²) in [6.07, 6.45) is 0. The molecule has 0 radical (unpaired) electrons. The van der Waals surface area contributed by atoms with Gasteiger partial charge in [0.25, 0.3) is 0 Å². The lowest BCUT2D eigenvalue weighted by Crippen LogP contribution is -1.90. The summed E-state index contributed by atoms with van der Waals surface area (Å²) in [5, 5.41) is 4.48. The Morgan fingerprint density at radius 3 is 2.52 bits per heavy atom. The monoisotopic (exact) mass is 426 g/mol. The van der Waals surface area contributed by atoms with Gasteiger partial charge in [-0.3, -0.25) is 0 Å². The number of nitrogen functional groups attached to an aromatic ring is 1. The highest BCUT2D eigenvalue weighted by Gasteiger charge is 2.21. The molecule has 0 aliphatic heterocycles. The molecule has 0 fully saturated rings. The molecule has 3 nitrogen and oxygen atoms in total.